The van der Waals surface area contributed by atoms with Crippen LogP contribution < -0.4 is 15.4 Å². The normalized spacial score (nSPS) is 13.6. The highest BCUT2D eigenvalue weighted by Crippen LogP contribution is 2.34. The molecule has 9 heteroatoms. The molecule has 0 aliphatic carbocycles. The summed E-state index contributed by atoms with van der Waals surface area (Å²) in [6.45, 7) is 16.2. The zero-order valence-electron chi connectivity index (χ0n) is 24.6. The zero-order valence-corrected chi connectivity index (χ0v) is 24.6. The quantitative estimate of drug-likeness (QED) is 0.174. The van der Waals surface area contributed by atoms with Crippen molar-refractivity contribution in [3.63, 3.8) is 0 Å². The first-order chi connectivity index (χ1) is 19.0. The summed E-state index contributed by atoms with van der Waals surface area (Å²) in [6.07, 6.45) is 4.01. The molecule has 1 aliphatic rings. The number of carbonyl (C=O) groups excluding carboxylic acids is 2. The molecule has 8 nitrogen and oxygen atoms in total. The van der Waals surface area contributed by atoms with Gasteiger partial charge in [-0.1, -0.05) is 47.1 Å². The van der Waals surface area contributed by atoms with Crippen molar-refractivity contribution in [3.05, 3.63) is 54.4 Å². The number of halogens is 1. The summed E-state index contributed by atoms with van der Waals surface area (Å²) < 4.78 is 25.5. The van der Waals surface area contributed by atoms with Crippen LogP contribution >= 0.6 is 0 Å². The predicted octanol–water partition coefficient (Wildman–Crippen LogP) is 6.66. The van der Waals surface area contributed by atoms with Gasteiger partial charge in [0.05, 0.1) is 17.9 Å². The molecule has 40 heavy (non-hydrogen) atoms. The molecule has 1 heterocycles. The number of amides is 2. The van der Waals surface area contributed by atoms with Crippen LogP contribution in [0.1, 0.15) is 59.4 Å². The number of rotatable bonds is 12. The first-order valence-corrected chi connectivity index (χ1v) is 13.6. The molecule has 1 saturated heterocycles. The summed E-state index contributed by atoms with van der Waals surface area (Å²) in [6, 6.07) is 9.76. The lowest BCUT2D eigenvalue weighted by molar-refractivity contribution is -0.143. The van der Waals surface area contributed by atoms with E-state index in [0.29, 0.717) is 48.2 Å². The van der Waals surface area contributed by atoms with Gasteiger partial charge in [-0.25, -0.2) is 4.39 Å². The monoisotopic (exact) mass is 554 g/mol. The van der Waals surface area contributed by atoms with Crippen molar-refractivity contribution < 1.29 is 23.5 Å². The Kier molecular flexibility index (Phi) is 12.8. The van der Waals surface area contributed by atoms with Crippen LogP contribution in [0.4, 0.5) is 21.5 Å². The van der Waals surface area contributed by atoms with Crippen molar-refractivity contribution in [2.24, 2.45) is 10.4 Å². The fraction of sp³-hybridized carbons (Fsp3) is 0.452. The van der Waals surface area contributed by atoms with Gasteiger partial charge in [-0.05, 0) is 36.6 Å². The van der Waals surface area contributed by atoms with Crippen LogP contribution in [-0.4, -0.2) is 56.3 Å². The van der Waals surface area contributed by atoms with Crippen molar-refractivity contribution >= 4 is 40.8 Å². The van der Waals surface area contributed by atoms with Gasteiger partial charge in [-0.15, -0.1) is 0 Å². The fourth-order valence-corrected chi connectivity index (χ4v) is 3.93. The van der Waals surface area contributed by atoms with E-state index < -0.39 is 5.82 Å². The maximum absolute atomic E-state index is 15.0. The third-order valence-electron chi connectivity index (χ3n) is 6.04. The Hall–Kier alpha value is -3.72. The van der Waals surface area contributed by atoms with Gasteiger partial charge in [-0.3, -0.25) is 14.6 Å². The number of nitrogens with zero attached hydrogens (tertiary/aromatic N) is 2. The number of aliphatic imine (C=N–C) groups is 1. The molecule has 3 rings (SSSR count). The average molecular weight is 555 g/mol. The lowest BCUT2D eigenvalue weighted by Crippen LogP contribution is -2.55. The van der Waals surface area contributed by atoms with Crippen LogP contribution in [0.3, 0.4) is 0 Å². The number of methoxy groups -OCH3 is 1. The standard InChI is InChI=1S/C27H33FN4O4.C4H10/c1-6-29-23-14-21(36-12-11-35-5)13-22(28)26(23)18(2)30-19-7-9-20(10-8-19)31-24(33)15-25(34)32-16-27(3,4)17-32;1-3-4-2/h6-10,13-14,30H,2,11-12,15-17H2,1,3-5H3,(H,31,33);3-4H2,1-2H3. The first-order valence-electron chi connectivity index (χ1n) is 13.6. The van der Waals surface area contributed by atoms with E-state index in [1.807, 2.05) is 0 Å². The highest BCUT2D eigenvalue weighted by atomic mass is 19.1. The molecular weight excluding hydrogens is 511 g/mol. The topological polar surface area (TPSA) is 92.3 Å². The van der Waals surface area contributed by atoms with Crippen LogP contribution in [0.15, 0.2) is 48.0 Å². The van der Waals surface area contributed by atoms with Crippen molar-refractivity contribution in [1.82, 2.24) is 4.90 Å². The lowest BCUT2D eigenvalue weighted by Gasteiger charge is -2.45. The lowest BCUT2D eigenvalue weighted by atomic mass is 9.84. The van der Waals surface area contributed by atoms with Crippen molar-refractivity contribution in [1.29, 1.82) is 0 Å². The SMILES string of the molecule is C=C(Nc1ccc(NC(=O)CC(=O)N2CC(C)(C)C2)cc1)c1c(F)cc(OCCOC)cc1N=CC.CCCC. The minimum Gasteiger partial charge on any atom is -0.491 e. The highest BCUT2D eigenvalue weighted by molar-refractivity contribution is 6.03. The average Bonchev–Trinajstić information content (AvgIpc) is 2.88. The largest absolute Gasteiger partial charge is 0.491 e. The number of nitrogens with one attached hydrogen (secondary N) is 2. The molecule has 0 unspecified atom stereocenters. The van der Waals surface area contributed by atoms with Gasteiger partial charge in [0.1, 0.15) is 24.6 Å². The van der Waals surface area contributed by atoms with Crippen molar-refractivity contribution in [2.45, 2.75) is 53.9 Å². The fourth-order valence-electron chi connectivity index (χ4n) is 3.93. The third-order valence-corrected chi connectivity index (χ3v) is 6.04. The van der Waals surface area contributed by atoms with Gasteiger partial charge in [-0.2, -0.15) is 0 Å². The summed E-state index contributed by atoms with van der Waals surface area (Å²) in [5, 5.41) is 5.81. The van der Waals surface area contributed by atoms with Crippen LogP contribution in [0, 0.1) is 11.2 Å². The van der Waals surface area contributed by atoms with Crippen molar-refractivity contribution in [3.8, 4) is 5.75 Å². The summed E-state index contributed by atoms with van der Waals surface area (Å²) >= 11 is 0. The van der Waals surface area contributed by atoms with Crippen molar-refractivity contribution in [2.75, 3.05) is 44.0 Å². The van der Waals surface area contributed by atoms with Gasteiger partial charge in [0.2, 0.25) is 11.8 Å². The van der Waals surface area contributed by atoms with E-state index in [-0.39, 0.29) is 35.8 Å². The van der Waals surface area contributed by atoms with Gasteiger partial charge < -0.3 is 25.0 Å². The summed E-state index contributed by atoms with van der Waals surface area (Å²) in [7, 11) is 1.56. The Labute approximate surface area is 237 Å². The second-order valence-electron chi connectivity index (χ2n) is 10.3. The Balaban J connectivity index is 0.00000131. The number of carbonyl (C=O) groups is 2. The maximum Gasteiger partial charge on any atom is 0.233 e. The molecule has 1 fully saturated rings. The minimum atomic E-state index is -0.526. The van der Waals surface area contributed by atoms with Gasteiger partial charge in [0.25, 0.3) is 0 Å². The molecule has 0 atom stereocenters. The number of anilines is 2. The second kappa shape index (κ2) is 15.8. The number of hydrogen-bond acceptors (Lipinski definition) is 6. The van der Waals surface area contributed by atoms with Gasteiger partial charge >= 0.3 is 0 Å². The van der Waals surface area contributed by atoms with Crippen LogP contribution in [0.5, 0.6) is 5.75 Å². The predicted molar refractivity (Wildman–Crippen MR) is 161 cm³/mol. The molecule has 0 aromatic heterocycles. The number of unbranched alkanes of at least 4 members (excludes halogenated alkanes) is 1. The Morgan fingerprint density at radius 1 is 1.07 bits per heavy atom. The molecule has 0 saturated carbocycles. The number of ether oxygens (including phenoxy) is 2. The molecule has 2 N–H and O–H groups in total. The van der Waals surface area contributed by atoms with E-state index in [4.69, 9.17) is 9.47 Å². The van der Waals surface area contributed by atoms with E-state index in [0.717, 1.165) is 0 Å². The third kappa shape index (κ3) is 10.1. The van der Waals surface area contributed by atoms with Crippen LogP contribution in [0.25, 0.3) is 5.70 Å². The molecule has 0 radical (unpaired) electrons. The second-order valence-corrected chi connectivity index (χ2v) is 10.3. The number of likely N-dealkylation sites (tertiary alicyclic amines) is 1. The number of benzene rings is 2. The van der Waals surface area contributed by atoms with E-state index in [9.17, 15) is 14.0 Å². The van der Waals surface area contributed by atoms with Gasteiger partial charge in [0, 0.05) is 55.6 Å². The van der Waals surface area contributed by atoms with E-state index in [2.05, 4.69) is 49.9 Å². The Bertz CT molecular complexity index is 1170. The molecule has 0 bridgehead atoms. The number of hydrogen-bond donors (Lipinski definition) is 2. The van der Waals surface area contributed by atoms with Crippen LogP contribution in [0.2, 0.25) is 0 Å². The highest BCUT2D eigenvalue weighted by Gasteiger charge is 2.37. The first kappa shape index (κ1) is 32.5. The summed E-state index contributed by atoms with van der Waals surface area (Å²) in [5.74, 6) is -0.726. The Morgan fingerprint density at radius 2 is 1.68 bits per heavy atom. The molecule has 218 valence electrons. The smallest absolute Gasteiger partial charge is 0.233 e. The summed E-state index contributed by atoms with van der Waals surface area (Å²) in [5.41, 5.74) is 2.22. The minimum absolute atomic E-state index is 0.116. The Morgan fingerprint density at radius 3 is 2.20 bits per heavy atom. The molecule has 2 amide bonds. The molecule has 0 spiro atoms. The zero-order chi connectivity index (χ0) is 29.7. The van der Waals surface area contributed by atoms with E-state index in [1.54, 1.807) is 55.5 Å². The molecular formula is C31H43FN4O4. The molecule has 2 aromatic rings. The van der Waals surface area contributed by atoms with Gasteiger partial charge in [0.15, 0.2) is 0 Å². The van der Waals surface area contributed by atoms with E-state index >= 15 is 0 Å². The molecule has 1 aliphatic heterocycles. The summed E-state index contributed by atoms with van der Waals surface area (Å²) in [4.78, 5) is 30.4. The maximum atomic E-state index is 15.0. The van der Waals surface area contributed by atoms with E-state index in [1.165, 1.54) is 18.9 Å². The molecule has 2 aromatic carbocycles. The van der Waals surface area contributed by atoms with Crippen LogP contribution in [-0.2, 0) is 14.3 Å².